The minimum atomic E-state index is 0. The molecule has 10 nitrogen and oxygen atoms in total. The van der Waals surface area contributed by atoms with E-state index < -0.39 is 0 Å². The van der Waals surface area contributed by atoms with Gasteiger partial charge in [0.05, 0.1) is 0 Å². The van der Waals surface area contributed by atoms with Crippen molar-refractivity contribution >= 4 is 34.1 Å². The Bertz CT molecular complexity index is 1640. The molecule has 0 spiro atoms. The van der Waals surface area contributed by atoms with Crippen LogP contribution in [0.15, 0.2) is 97.1 Å². The molecule has 0 bridgehead atoms. The molecular formula is C36H36N10Pt2-6. The Balaban J connectivity index is 0.000000183. The van der Waals surface area contributed by atoms with Gasteiger partial charge in [0.15, 0.2) is 0 Å². The molecule has 2 aromatic heterocycles. The maximum Gasteiger partial charge on any atom is 0.0326 e. The molecule has 4 heterocycles. The van der Waals surface area contributed by atoms with Crippen LogP contribution >= 0.6 is 0 Å². The van der Waals surface area contributed by atoms with Crippen molar-refractivity contribution in [3.8, 4) is 0 Å². The predicted octanol–water partition coefficient (Wildman–Crippen LogP) is 6.48. The van der Waals surface area contributed by atoms with Gasteiger partial charge in [0.2, 0.25) is 0 Å². The Labute approximate surface area is 312 Å². The fourth-order valence-corrected chi connectivity index (χ4v) is 4.83. The zero-order valence-electron chi connectivity index (χ0n) is 27.5. The Morgan fingerprint density at radius 2 is 0.875 bits per heavy atom. The zero-order valence-corrected chi connectivity index (χ0v) is 32.0. The Morgan fingerprint density at radius 3 is 1.15 bits per heavy atom. The van der Waals surface area contributed by atoms with Gasteiger partial charge in [-0.25, -0.2) is 0 Å². The number of para-hydroxylation sites is 6. The van der Waals surface area contributed by atoms with Gasteiger partial charge < -0.3 is 39.8 Å². The summed E-state index contributed by atoms with van der Waals surface area (Å²) in [4.78, 5) is 16.3. The van der Waals surface area contributed by atoms with Gasteiger partial charge in [0.1, 0.15) is 0 Å². The van der Waals surface area contributed by atoms with Gasteiger partial charge in [-0.1, -0.05) is 35.9 Å². The Kier molecular flexibility index (Phi) is 14.6. The molecule has 0 N–H and O–H groups in total. The third kappa shape index (κ3) is 9.88. The third-order valence-electron chi connectivity index (χ3n) is 6.85. The topological polar surface area (TPSA) is 92.7 Å². The van der Waals surface area contributed by atoms with Crippen LogP contribution in [0.1, 0.15) is 23.3 Å². The average Bonchev–Trinajstić information content (AvgIpc) is 3.85. The van der Waals surface area contributed by atoms with E-state index in [0.29, 0.717) is 0 Å². The maximum absolute atomic E-state index is 3.89. The van der Waals surface area contributed by atoms with E-state index in [1.54, 1.807) is 0 Å². The van der Waals surface area contributed by atoms with Gasteiger partial charge in [0.25, 0.3) is 0 Å². The standard InChI is InChI=1S/2C14H12N2.2C4H6N3.2Pt/c2*1-15-11-16(12-7-3-2-4-8-12)14-10-6-5-9-13(14)15;2*1-3-5-4(2)7-6-3;;/h2*2-7,9-11H,1H3;2*1-2H3;;/q2*-2;2*-1;;. The number of hydrogen-bond acceptors (Lipinski definition) is 8. The van der Waals surface area contributed by atoms with Crippen LogP contribution in [-0.4, -0.2) is 34.3 Å². The number of benzene rings is 4. The molecule has 8 rings (SSSR count). The number of aromatic nitrogens is 6. The monoisotopic (exact) mass is 998 g/mol. The first-order chi connectivity index (χ1) is 22.3. The molecular weight excluding hydrogens is 963 g/mol. The Hall–Kier alpha value is -4.26. The van der Waals surface area contributed by atoms with E-state index in [1.807, 2.05) is 64.1 Å². The molecule has 0 unspecified atom stereocenters. The normalized spacial score (nSPS) is 12.1. The molecule has 2 aliphatic rings. The molecule has 48 heavy (non-hydrogen) atoms. The molecule has 0 fully saturated rings. The van der Waals surface area contributed by atoms with Crippen molar-refractivity contribution in [1.82, 2.24) is 30.4 Å². The fourth-order valence-electron chi connectivity index (χ4n) is 4.83. The number of fused-ring (bicyclic) bond motifs is 2. The van der Waals surface area contributed by atoms with Gasteiger partial charge in [-0.05, 0) is 66.1 Å². The quantitative estimate of drug-likeness (QED) is 0.180. The molecule has 0 radical (unpaired) electrons. The first-order valence-corrected chi connectivity index (χ1v) is 14.8. The van der Waals surface area contributed by atoms with Crippen molar-refractivity contribution in [2.75, 3.05) is 33.7 Å². The minimum Gasteiger partial charge on any atom is -0.504 e. The summed E-state index contributed by atoms with van der Waals surface area (Å²) in [5, 5.41) is 14.6. The largest absolute Gasteiger partial charge is 0.504 e. The van der Waals surface area contributed by atoms with Gasteiger partial charge in [0, 0.05) is 76.5 Å². The minimum absolute atomic E-state index is 0. The molecule has 0 atom stereocenters. The van der Waals surface area contributed by atoms with Gasteiger partial charge in [-0.3, -0.25) is 10.2 Å². The van der Waals surface area contributed by atoms with Crippen molar-refractivity contribution < 1.29 is 42.1 Å². The molecule has 256 valence electrons. The summed E-state index contributed by atoms with van der Waals surface area (Å²) in [6.07, 6.45) is 0. The van der Waals surface area contributed by atoms with Crippen molar-refractivity contribution in [1.29, 1.82) is 0 Å². The smallest absolute Gasteiger partial charge is 0.0326 e. The van der Waals surface area contributed by atoms with Crippen LogP contribution in [0.3, 0.4) is 0 Å². The predicted molar refractivity (Wildman–Crippen MR) is 183 cm³/mol. The number of hydrogen-bond donors (Lipinski definition) is 0. The summed E-state index contributed by atoms with van der Waals surface area (Å²) in [6, 6.07) is 39.2. The van der Waals surface area contributed by atoms with Crippen LogP contribution in [0.25, 0.3) is 0 Å². The summed E-state index contributed by atoms with van der Waals surface area (Å²) >= 11 is 0. The summed E-state index contributed by atoms with van der Waals surface area (Å²) in [7, 11) is 4.11. The SMILES string of the molecule is CN1[CH-]N(c2[c-]cccc2)c2ccccc21.CN1[CH-]N(c2[c-]cccc2)c2ccccc21.Cc1n[n-]c(C)n1.Cc1n[n-]c(C)n1.[Pt].[Pt]. The van der Waals surface area contributed by atoms with E-state index in [0.717, 1.165) is 34.7 Å². The summed E-state index contributed by atoms with van der Waals surface area (Å²) in [6.45, 7) is 11.4. The first-order valence-electron chi connectivity index (χ1n) is 14.8. The zero-order chi connectivity index (χ0) is 32.5. The van der Waals surface area contributed by atoms with Crippen molar-refractivity contribution in [2.24, 2.45) is 0 Å². The second-order valence-electron chi connectivity index (χ2n) is 10.5. The van der Waals surface area contributed by atoms with E-state index in [2.05, 4.69) is 150 Å². The molecule has 0 aliphatic carbocycles. The molecule has 4 aromatic carbocycles. The number of anilines is 6. The van der Waals surface area contributed by atoms with E-state index >= 15 is 0 Å². The van der Waals surface area contributed by atoms with Crippen LogP contribution in [0.5, 0.6) is 0 Å². The van der Waals surface area contributed by atoms with Crippen LogP contribution < -0.4 is 29.8 Å². The van der Waals surface area contributed by atoms with Crippen LogP contribution in [0, 0.1) is 53.2 Å². The number of rotatable bonds is 2. The van der Waals surface area contributed by atoms with E-state index in [4.69, 9.17) is 0 Å². The maximum atomic E-state index is 3.89. The van der Waals surface area contributed by atoms with Crippen molar-refractivity contribution in [3.63, 3.8) is 0 Å². The van der Waals surface area contributed by atoms with Gasteiger partial charge >= 0.3 is 0 Å². The second kappa shape index (κ2) is 18.3. The van der Waals surface area contributed by atoms with Gasteiger partial charge in [-0.15, -0.1) is 11.4 Å². The summed E-state index contributed by atoms with van der Waals surface area (Å²) < 4.78 is 0. The fraction of sp³-hybridized carbons (Fsp3) is 0.167. The second-order valence-corrected chi connectivity index (χ2v) is 10.5. The molecule has 6 aromatic rings. The van der Waals surface area contributed by atoms with E-state index in [1.165, 1.54) is 22.7 Å². The molecule has 0 amide bonds. The molecule has 0 saturated heterocycles. The molecule has 2 aliphatic heterocycles. The summed E-state index contributed by atoms with van der Waals surface area (Å²) in [5.41, 5.74) is 6.98. The third-order valence-corrected chi connectivity index (χ3v) is 6.85. The van der Waals surface area contributed by atoms with Crippen LogP contribution in [0.4, 0.5) is 34.1 Å². The number of aryl methyl sites for hydroxylation is 4. The molecule has 0 saturated carbocycles. The average molecular weight is 999 g/mol. The molecule has 12 heteroatoms. The van der Waals surface area contributed by atoms with E-state index in [9.17, 15) is 0 Å². The van der Waals surface area contributed by atoms with Crippen LogP contribution in [0.2, 0.25) is 0 Å². The number of nitrogens with zero attached hydrogens (tertiary/aromatic N) is 10. The Morgan fingerprint density at radius 1 is 0.521 bits per heavy atom. The van der Waals surface area contributed by atoms with Gasteiger partial charge in [-0.2, -0.15) is 74.0 Å². The summed E-state index contributed by atoms with van der Waals surface area (Å²) in [5.74, 6) is 2.99. The first kappa shape index (κ1) is 38.2. The van der Waals surface area contributed by atoms with Crippen molar-refractivity contribution in [3.05, 3.63) is 146 Å². The van der Waals surface area contributed by atoms with E-state index in [-0.39, 0.29) is 42.1 Å². The van der Waals surface area contributed by atoms with Crippen LogP contribution in [-0.2, 0) is 42.1 Å². The van der Waals surface area contributed by atoms with Crippen molar-refractivity contribution in [2.45, 2.75) is 27.7 Å².